The molecule has 0 N–H and O–H groups in total. The van der Waals surface area contributed by atoms with Crippen LogP contribution in [0, 0.1) is 0 Å². The number of hydrogen-bond acceptors (Lipinski definition) is 10. The summed E-state index contributed by atoms with van der Waals surface area (Å²) in [6.45, 7) is 12.6. The highest BCUT2D eigenvalue weighted by Gasteiger charge is 2.36. The molecule has 0 spiro atoms. The van der Waals surface area contributed by atoms with E-state index < -0.39 is 36.2 Å². The van der Waals surface area contributed by atoms with E-state index in [-0.39, 0.29) is 44.7 Å². The lowest BCUT2D eigenvalue weighted by Gasteiger charge is -2.35. The number of rotatable bonds is 22. The van der Waals surface area contributed by atoms with E-state index in [0.29, 0.717) is 38.3 Å². The lowest BCUT2D eigenvalue weighted by Crippen LogP contribution is -2.45. The maximum absolute atomic E-state index is 12.8. The van der Waals surface area contributed by atoms with Crippen molar-refractivity contribution in [3.05, 3.63) is 0 Å². The van der Waals surface area contributed by atoms with E-state index in [2.05, 4.69) is 11.8 Å². The van der Waals surface area contributed by atoms with E-state index in [9.17, 15) is 19.2 Å². The van der Waals surface area contributed by atoms with Gasteiger partial charge in [0.25, 0.3) is 0 Å². The third-order valence-electron chi connectivity index (χ3n) is 6.96. The Morgan fingerprint density at radius 2 is 1.39 bits per heavy atom. The molecule has 10 heteroatoms. The quantitative estimate of drug-likeness (QED) is 0.0960. The normalized spacial score (nSPS) is 17.7. The maximum atomic E-state index is 12.8. The van der Waals surface area contributed by atoms with Crippen molar-refractivity contribution in [2.45, 2.75) is 142 Å². The minimum absolute atomic E-state index is 0.00955. The van der Waals surface area contributed by atoms with Gasteiger partial charge >= 0.3 is 23.9 Å². The van der Waals surface area contributed by atoms with Gasteiger partial charge in [0, 0.05) is 44.8 Å². The largest absolute Gasteiger partial charge is 0.466 e. The summed E-state index contributed by atoms with van der Waals surface area (Å²) in [6.07, 6.45) is 5.06. The average molecular weight is 586 g/mol. The van der Waals surface area contributed by atoms with Gasteiger partial charge in [0.2, 0.25) is 0 Å². The Bertz CT molecular complexity index is 760. The molecule has 1 heterocycles. The minimum atomic E-state index is -1.02. The van der Waals surface area contributed by atoms with Crippen LogP contribution in [0.1, 0.15) is 118 Å². The summed E-state index contributed by atoms with van der Waals surface area (Å²) in [5.74, 6) is -1.68. The second-order valence-electron chi connectivity index (χ2n) is 10.8. The first-order valence-corrected chi connectivity index (χ1v) is 15.8. The molecular weight excluding hydrogens is 530 g/mol. The van der Waals surface area contributed by atoms with Crippen molar-refractivity contribution < 1.29 is 42.9 Å². The van der Waals surface area contributed by atoms with Gasteiger partial charge in [-0.2, -0.15) is 0 Å². The van der Waals surface area contributed by atoms with Crippen molar-refractivity contribution in [2.24, 2.45) is 0 Å². The Morgan fingerprint density at radius 1 is 0.756 bits per heavy atom. The van der Waals surface area contributed by atoms with Crippen molar-refractivity contribution in [3.8, 4) is 0 Å². The molecule has 0 radical (unpaired) electrons. The topological polar surface area (TPSA) is 118 Å². The Balaban J connectivity index is 2.82. The first-order chi connectivity index (χ1) is 19.7. The number of nitrogens with zero attached hydrogens (tertiary/aromatic N) is 1. The smallest absolute Gasteiger partial charge is 0.306 e. The molecule has 0 aromatic heterocycles. The zero-order valence-electron chi connectivity index (χ0n) is 26.2. The first kappa shape index (κ1) is 36.8. The number of likely N-dealkylation sites (tertiary alicyclic amines) is 1. The molecule has 1 fully saturated rings. The highest BCUT2D eigenvalue weighted by Crippen LogP contribution is 2.21. The van der Waals surface area contributed by atoms with Crippen molar-refractivity contribution in [1.82, 2.24) is 4.90 Å². The van der Waals surface area contributed by atoms with E-state index in [1.807, 2.05) is 20.8 Å². The Morgan fingerprint density at radius 3 is 2.05 bits per heavy atom. The third-order valence-corrected chi connectivity index (χ3v) is 6.96. The van der Waals surface area contributed by atoms with Gasteiger partial charge in [-0.1, -0.05) is 34.1 Å². The molecule has 10 nitrogen and oxygen atoms in total. The molecule has 0 amide bonds. The SMILES string of the molecule is CCCOCC1CCCCN1CCCC(=O)O[C@@H](C)[C@@H](OC(=O)CCC)[C@@H](CCOC(=O)CCC)OC(=O)CCC. The number of carbonyl (C=O) groups is 4. The molecule has 41 heavy (non-hydrogen) atoms. The lowest BCUT2D eigenvalue weighted by molar-refractivity contribution is -0.186. The predicted molar refractivity (Wildman–Crippen MR) is 155 cm³/mol. The molecule has 0 bridgehead atoms. The molecule has 1 saturated heterocycles. The van der Waals surface area contributed by atoms with Crippen LogP contribution in [-0.2, 0) is 42.9 Å². The molecule has 0 aliphatic carbocycles. The Labute approximate surface area is 247 Å². The molecule has 1 rings (SSSR count). The van der Waals surface area contributed by atoms with Crippen LogP contribution in [0.15, 0.2) is 0 Å². The van der Waals surface area contributed by atoms with Crippen LogP contribution >= 0.6 is 0 Å². The molecule has 1 aliphatic heterocycles. The summed E-state index contributed by atoms with van der Waals surface area (Å²) in [5, 5.41) is 0. The van der Waals surface area contributed by atoms with Crippen molar-refractivity contribution in [2.75, 3.05) is 32.9 Å². The molecule has 4 atom stereocenters. The van der Waals surface area contributed by atoms with Crippen molar-refractivity contribution in [1.29, 1.82) is 0 Å². The molecule has 0 aromatic carbocycles. The highest BCUT2D eigenvalue weighted by molar-refractivity contribution is 5.71. The second-order valence-corrected chi connectivity index (χ2v) is 10.8. The van der Waals surface area contributed by atoms with Crippen LogP contribution in [0.25, 0.3) is 0 Å². The predicted octanol–water partition coefficient (Wildman–Crippen LogP) is 5.14. The molecule has 1 aliphatic rings. The number of hydrogen-bond donors (Lipinski definition) is 0. The van der Waals surface area contributed by atoms with E-state index in [4.69, 9.17) is 23.7 Å². The Hall–Kier alpha value is -2.20. The first-order valence-electron chi connectivity index (χ1n) is 15.8. The van der Waals surface area contributed by atoms with E-state index in [1.54, 1.807) is 6.92 Å². The number of piperidine rings is 1. The lowest BCUT2D eigenvalue weighted by atomic mass is 10.0. The van der Waals surface area contributed by atoms with Gasteiger partial charge in [-0.25, -0.2) is 0 Å². The Kier molecular flexibility index (Phi) is 20.1. The maximum Gasteiger partial charge on any atom is 0.306 e. The standard InChI is InChI=1S/C31H55NO9/c1-6-13-27(33)38-22-18-26(40-28(34)14-7-2)31(41-29(35)15-8-3)24(5)39-30(36)17-12-20-32-19-11-10-16-25(32)23-37-21-9-4/h24-26,31H,6-23H2,1-5H3/t24-,25?,26+,31+/m0/s1. The van der Waals surface area contributed by atoms with Gasteiger partial charge in [0.05, 0.1) is 13.2 Å². The number of ether oxygens (including phenoxy) is 5. The van der Waals surface area contributed by atoms with Crippen molar-refractivity contribution in [3.63, 3.8) is 0 Å². The molecule has 0 aromatic rings. The van der Waals surface area contributed by atoms with Crippen LogP contribution in [0.2, 0.25) is 0 Å². The fraction of sp³-hybridized carbons (Fsp3) is 0.871. The number of carbonyl (C=O) groups excluding carboxylic acids is 4. The average Bonchev–Trinajstić information content (AvgIpc) is 2.92. The zero-order chi connectivity index (χ0) is 30.5. The zero-order valence-corrected chi connectivity index (χ0v) is 26.2. The summed E-state index contributed by atoms with van der Waals surface area (Å²) < 4.78 is 28.2. The van der Waals surface area contributed by atoms with Crippen LogP contribution in [0.5, 0.6) is 0 Å². The van der Waals surface area contributed by atoms with E-state index in [1.165, 1.54) is 6.42 Å². The van der Waals surface area contributed by atoms with Gasteiger partial charge in [-0.3, -0.25) is 24.1 Å². The van der Waals surface area contributed by atoms with E-state index >= 15 is 0 Å². The second kappa shape index (κ2) is 22.4. The van der Waals surface area contributed by atoms with Gasteiger partial charge < -0.3 is 23.7 Å². The van der Waals surface area contributed by atoms with Crippen LogP contribution in [0.3, 0.4) is 0 Å². The molecular formula is C31H55NO9. The number of esters is 4. The molecule has 238 valence electrons. The summed E-state index contributed by atoms with van der Waals surface area (Å²) >= 11 is 0. The molecule has 0 saturated carbocycles. The third kappa shape index (κ3) is 16.1. The van der Waals surface area contributed by atoms with Gasteiger partial charge in [-0.05, 0) is 65.0 Å². The van der Waals surface area contributed by atoms with Gasteiger partial charge in [-0.15, -0.1) is 0 Å². The van der Waals surface area contributed by atoms with Crippen LogP contribution in [-0.4, -0.2) is 86.0 Å². The van der Waals surface area contributed by atoms with Gasteiger partial charge in [0.15, 0.2) is 6.10 Å². The van der Waals surface area contributed by atoms with Crippen LogP contribution < -0.4 is 0 Å². The van der Waals surface area contributed by atoms with Gasteiger partial charge in [0.1, 0.15) is 12.2 Å². The summed E-state index contributed by atoms with van der Waals surface area (Å²) in [6, 6.07) is 0.373. The van der Waals surface area contributed by atoms with E-state index in [0.717, 1.165) is 39.0 Å². The fourth-order valence-corrected chi connectivity index (χ4v) is 4.84. The summed E-state index contributed by atoms with van der Waals surface area (Å²) in [4.78, 5) is 52.0. The monoisotopic (exact) mass is 585 g/mol. The van der Waals surface area contributed by atoms with Crippen molar-refractivity contribution >= 4 is 23.9 Å². The molecule has 1 unspecified atom stereocenters. The summed E-state index contributed by atoms with van der Waals surface area (Å²) in [7, 11) is 0. The fourth-order valence-electron chi connectivity index (χ4n) is 4.84. The highest BCUT2D eigenvalue weighted by atomic mass is 16.6. The summed E-state index contributed by atoms with van der Waals surface area (Å²) in [5.41, 5.74) is 0. The van der Waals surface area contributed by atoms with Crippen LogP contribution in [0.4, 0.5) is 0 Å². The minimum Gasteiger partial charge on any atom is -0.466 e.